The number of ketones is 1. The molecule has 1 aliphatic carbocycles. The number of fused-ring (bicyclic) bond motifs is 1. The first-order chi connectivity index (χ1) is 7.08. The second-order valence-corrected chi connectivity index (χ2v) is 4.63. The number of carbonyl (C=O) groups excluding carboxylic acids is 1. The molecular weight excluding hydrogens is 196 g/mol. The Hall–Kier alpha value is -0.710. The van der Waals surface area contributed by atoms with Crippen molar-refractivity contribution < 1.29 is 19.0 Å². The number of hydrogen-bond acceptors (Lipinski definition) is 4. The summed E-state index contributed by atoms with van der Waals surface area (Å²) >= 11 is 0. The maximum absolute atomic E-state index is 11.9. The average molecular weight is 210 g/mol. The van der Waals surface area contributed by atoms with Gasteiger partial charge in [0.15, 0.2) is 18.4 Å². The molecule has 82 valence electrons. The summed E-state index contributed by atoms with van der Waals surface area (Å²) in [5.41, 5.74) is 0.159. The Morgan fingerprint density at radius 2 is 2.33 bits per heavy atom. The van der Waals surface area contributed by atoms with Crippen LogP contribution in [-0.2, 0) is 19.0 Å². The van der Waals surface area contributed by atoms with E-state index in [0.29, 0.717) is 6.42 Å². The summed E-state index contributed by atoms with van der Waals surface area (Å²) in [4.78, 5) is 11.9. The van der Waals surface area contributed by atoms with Crippen molar-refractivity contribution in [3.8, 4) is 0 Å². The monoisotopic (exact) mass is 210 g/mol. The van der Waals surface area contributed by atoms with Crippen molar-refractivity contribution in [3.63, 3.8) is 0 Å². The molecule has 4 bridgehead atoms. The first kappa shape index (κ1) is 9.51. The second-order valence-electron chi connectivity index (χ2n) is 4.63. The summed E-state index contributed by atoms with van der Waals surface area (Å²) in [6.07, 6.45) is -0.295. The number of carbonyl (C=O) groups is 1. The van der Waals surface area contributed by atoms with Crippen molar-refractivity contribution in [3.05, 3.63) is 12.2 Å². The van der Waals surface area contributed by atoms with Crippen LogP contribution in [-0.4, -0.2) is 31.1 Å². The smallest absolute Gasteiger partial charge is 0.184 e. The lowest BCUT2D eigenvalue weighted by Crippen LogP contribution is -2.60. The molecule has 0 aromatic carbocycles. The Labute approximate surface area is 88.2 Å². The molecule has 15 heavy (non-hydrogen) atoms. The summed E-state index contributed by atoms with van der Waals surface area (Å²) in [5, 5.41) is 0. The molecule has 0 N–H and O–H groups in total. The van der Waals surface area contributed by atoms with Gasteiger partial charge < -0.3 is 14.2 Å². The van der Waals surface area contributed by atoms with E-state index in [1.165, 1.54) is 0 Å². The van der Waals surface area contributed by atoms with Crippen molar-refractivity contribution in [1.29, 1.82) is 0 Å². The lowest BCUT2D eigenvalue weighted by Gasteiger charge is -2.51. The highest BCUT2D eigenvalue weighted by Crippen LogP contribution is 2.56. The number of ether oxygens (including phenoxy) is 3. The van der Waals surface area contributed by atoms with Gasteiger partial charge in [0.1, 0.15) is 5.60 Å². The van der Waals surface area contributed by atoms with Crippen LogP contribution < -0.4 is 0 Å². The van der Waals surface area contributed by atoms with E-state index in [4.69, 9.17) is 14.2 Å². The van der Waals surface area contributed by atoms with Crippen LogP contribution in [0, 0.1) is 11.8 Å². The summed E-state index contributed by atoms with van der Waals surface area (Å²) < 4.78 is 16.5. The minimum absolute atomic E-state index is 0.0347. The van der Waals surface area contributed by atoms with Crippen molar-refractivity contribution >= 4 is 5.78 Å². The summed E-state index contributed by atoms with van der Waals surface area (Å²) in [6, 6.07) is 0. The molecule has 5 atom stereocenters. The van der Waals surface area contributed by atoms with Crippen LogP contribution in [0.3, 0.4) is 0 Å². The molecule has 4 rings (SSSR count). The molecule has 4 fully saturated rings. The van der Waals surface area contributed by atoms with Gasteiger partial charge in [-0.05, 0) is 12.5 Å². The third kappa shape index (κ3) is 0.947. The number of Topliss-reactive ketones (excluding diaryl/α,β-unsaturated/α-hetero) is 1. The van der Waals surface area contributed by atoms with E-state index in [2.05, 4.69) is 6.58 Å². The van der Waals surface area contributed by atoms with Gasteiger partial charge in [-0.1, -0.05) is 6.58 Å². The normalized spacial score (nSPS) is 52.7. The van der Waals surface area contributed by atoms with Crippen molar-refractivity contribution in [1.82, 2.24) is 0 Å². The van der Waals surface area contributed by atoms with E-state index in [1.807, 2.05) is 6.92 Å². The first-order valence-corrected chi connectivity index (χ1v) is 5.16. The van der Waals surface area contributed by atoms with Crippen LogP contribution in [0.5, 0.6) is 0 Å². The third-order valence-corrected chi connectivity index (χ3v) is 3.94. The van der Waals surface area contributed by atoms with Gasteiger partial charge in [-0.15, -0.1) is 0 Å². The molecule has 0 aromatic heterocycles. The molecule has 5 unspecified atom stereocenters. The molecule has 3 heterocycles. The fourth-order valence-electron chi connectivity index (χ4n) is 3.05. The molecule has 4 heteroatoms. The summed E-state index contributed by atoms with van der Waals surface area (Å²) in [7, 11) is 1.60. The van der Waals surface area contributed by atoms with Crippen LogP contribution in [0.4, 0.5) is 0 Å². The number of hydrogen-bond donors (Lipinski definition) is 0. The Kier molecular flexibility index (Phi) is 1.71. The quantitative estimate of drug-likeness (QED) is 0.602. The van der Waals surface area contributed by atoms with Crippen molar-refractivity contribution in [2.24, 2.45) is 11.8 Å². The van der Waals surface area contributed by atoms with Crippen LogP contribution in [0.15, 0.2) is 12.2 Å². The zero-order chi connectivity index (χ0) is 10.8. The highest BCUT2D eigenvalue weighted by molar-refractivity contribution is 5.91. The van der Waals surface area contributed by atoms with Gasteiger partial charge in [-0.25, -0.2) is 0 Å². The van der Waals surface area contributed by atoms with Gasteiger partial charge in [-0.3, -0.25) is 4.79 Å². The maximum Gasteiger partial charge on any atom is 0.184 e. The van der Waals surface area contributed by atoms with Gasteiger partial charge >= 0.3 is 0 Å². The van der Waals surface area contributed by atoms with Crippen molar-refractivity contribution in [2.75, 3.05) is 7.11 Å². The third-order valence-electron chi connectivity index (χ3n) is 3.94. The maximum atomic E-state index is 11.9. The zero-order valence-corrected chi connectivity index (χ0v) is 8.86. The van der Waals surface area contributed by atoms with Crippen molar-refractivity contribution in [2.45, 2.75) is 31.5 Å². The molecule has 3 saturated heterocycles. The van der Waals surface area contributed by atoms with E-state index < -0.39 is 11.9 Å². The highest BCUT2D eigenvalue weighted by Gasteiger charge is 2.66. The molecule has 0 spiro atoms. The highest BCUT2D eigenvalue weighted by atomic mass is 16.8. The summed E-state index contributed by atoms with van der Waals surface area (Å²) in [6.45, 7) is 5.79. The van der Waals surface area contributed by atoms with E-state index >= 15 is 0 Å². The Bertz CT molecular complexity index is 348. The molecule has 4 nitrogen and oxygen atoms in total. The average Bonchev–Trinajstić information content (AvgIpc) is 2.44. The Morgan fingerprint density at radius 1 is 1.60 bits per heavy atom. The fourth-order valence-corrected chi connectivity index (χ4v) is 3.05. The Morgan fingerprint density at radius 3 is 3.00 bits per heavy atom. The molecular formula is C11H14O4. The van der Waals surface area contributed by atoms with E-state index in [1.54, 1.807) is 7.11 Å². The minimum Gasteiger partial charge on any atom is -0.355 e. The standard InChI is InChI=1S/C11H14O4/c1-5-6-4-7(12)11(2)8(6)10(13-3)14-9(5)15-11/h6,8-10H,1,4H2,2-3H3. The predicted octanol–water partition coefficient (Wildman–Crippen LogP) is 0.865. The SMILES string of the molecule is C=C1C2OC(OC)C3C1CC(=O)C3(C)O2. The van der Waals surface area contributed by atoms with E-state index in [0.717, 1.165) is 5.57 Å². The number of methoxy groups -OCH3 is 1. The van der Waals surface area contributed by atoms with Gasteiger partial charge in [0.05, 0.1) is 5.92 Å². The van der Waals surface area contributed by atoms with E-state index in [9.17, 15) is 4.79 Å². The molecule has 3 aliphatic heterocycles. The predicted molar refractivity (Wildman–Crippen MR) is 50.9 cm³/mol. The molecule has 0 radical (unpaired) electrons. The van der Waals surface area contributed by atoms with Crippen LogP contribution >= 0.6 is 0 Å². The van der Waals surface area contributed by atoms with Crippen LogP contribution in [0.1, 0.15) is 13.3 Å². The Balaban J connectivity index is 2.08. The number of rotatable bonds is 1. The van der Waals surface area contributed by atoms with Gasteiger partial charge in [0.25, 0.3) is 0 Å². The fraction of sp³-hybridized carbons (Fsp3) is 0.727. The molecule has 1 saturated carbocycles. The minimum atomic E-state index is -0.727. The topological polar surface area (TPSA) is 44.8 Å². The zero-order valence-electron chi connectivity index (χ0n) is 8.86. The van der Waals surface area contributed by atoms with E-state index in [-0.39, 0.29) is 23.9 Å². The van der Waals surface area contributed by atoms with Gasteiger partial charge in [-0.2, -0.15) is 0 Å². The summed E-state index contributed by atoms with van der Waals surface area (Å²) in [5.74, 6) is 0.277. The van der Waals surface area contributed by atoms with Gasteiger partial charge in [0, 0.05) is 19.4 Å². The lowest BCUT2D eigenvalue weighted by atomic mass is 9.77. The van der Waals surface area contributed by atoms with Crippen LogP contribution in [0.25, 0.3) is 0 Å². The van der Waals surface area contributed by atoms with Crippen LogP contribution in [0.2, 0.25) is 0 Å². The second kappa shape index (κ2) is 2.70. The van der Waals surface area contributed by atoms with Gasteiger partial charge in [0.2, 0.25) is 0 Å². The molecule has 4 aliphatic rings. The lowest BCUT2D eigenvalue weighted by molar-refractivity contribution is -0.354. The first-order valence-electron chi connectivity index (χ1n) is 5.16. The largest absolute Gasteiger partial charge is 0.355 e. The molecule has 0 aromatic rings. The molecule has 0 amide bonds.